The summed E-state index contributed by atoms with van der Waals surface area (Å²) in [6, 6.07) is 13.6. The molecule has 0 radical (unpaired) electrons. The zero-order chi connectivity index (χ0) is 17.8. The summed E-state index contributed by atoms with van der Waals surface area (Å²) in [6.07, 6.45) is 2.24. The Morgan fingerprint density at radius 1 is 0.962 bits per heavy atom. The number of pyridine rings is 1. The number of amides is 1. The topological polar surface area (TPSA) is 62.2 Å². The van der Waals surface area contributed by atoms with Crippen LogP contribution in [-0.2, 0) is 11.2 Å². The van der Waals surface area contributed by atoms with E-state index in [1.807, 2.05) is 52.7 Å². The summed E-state index contributed by atoms with van der Waals surface area (Å²) in [5.41, 5.74) is 1.58. The Kier molecular flexibility index (Phi) is 4.88. The van der Waals surface area contributed by atoms with Gasteiger partial charge < -0.3 is 9.80 Å². The molecular formula is C19H19N5OS. The monoisotopic (exact) mass is 365 g/mol. The minimum absolute atomic E-state index is 0.198. The van der Waals surface area contributed by atoms with E-state index < -0.39 is 0 Å². The number of thiophene rings is 1. The Balaban J connectivity index is 1.35. The van der Waals surface area contributed by atoms with Gasteiger partial charge in [-0.05, 0) is 35.7 Å². The number of piperazine rings is 1. The van der Waals surface area contributed by atoms with Gasteiger partial charge in [-0.15, -0.1) is 21.5 Å². The van der Waals surface area contributed by atoms with Crippen molar-refractivity contribution in [3.63, 3.8) is 0 Å². The largest absolute Gasteiger partial charge is 0.352 e. The van der Waals surface area contributed by atoms with Crippen LogP contribution in [0, 0.1) is 0 Å². The molecule has 0 atom stereocenters. The minimum Gasteiger partial charge on any atom is -0.352 e. The number of rotatable bonds is 4. The lowest BCUT2D eigenvalue weighted by molar-refractivity contribution is -0.130. The van der Waals surface area contributed by atoms with Crippen LogP contribution in [0.4, 0.5) is 5.82 Å². The number of hydrogen-bond donors (Lipinski definition) is 0. The van der Waals surface area contributed by atoms with E-state index in [2.05, 4.69) is 20.1 Å². The molecule has 4 heterocycles. The first-order valence-electron chi connectivity index (χ1n) is 8.60. The lowest BCUT2D eigenvalue weighted by Crippen LogP contribution is -2.49. The smallest absolute Gasteiger partial charge is 0.227 e. The Bertz CT molecular complexity index is 843. The molecule has 1 aliphatic rings. The highest BCUT2D eigenvalue weighted by Crippen LogP contribution is 2.18. The van der Waals surface area contributed by atoms with Gasteiger partial charge in [0.15, 0.2) is 5.82 Å². The standard InChI is InChI=1S/C19H19N5OS/c25-19(14-15-4-3-13-26-15)24-11-9-23(10-12-24)18-7-6-17(21-22-18)16-5-1-2-8-20-16/h1-8,13H,9-12,14H2. The summed E-state index contributed by atoms with van der Waals surface area (Å²) in [4.78, 5) is 21.9. The molecule has 6 nitrogen and oxygen atoms in total. The molecule has 3 aromatic rings. The zero-order valence-electron chi connectivity index (χ0n) is 14.3. The van der Waals surface area contributed by atoms with Crippen molar-refractivity contribution in [3.05, 3.63) is 58.9 Å². The average Bonchev–Trinajstić information content (AvgIpc) is 3.22. The molecule has 0 spiro atoms. The van der Waals surface area contributed by atoms with Gasteiger partial charge in [-0.3, -0.25) is 9.78 Å². The van der Waals surface area contributed by atoms with E-state index in [0.29, 0.717) is 19.5 Å². The van der Waals surface area contributed by atoms with Crippen molar-refractivity contribution in [1.82, 2.24) is 20.1 Å². The summed E-state index contributed by atoms with van der Waals surface area (Å²) in [5, 5.41) is 10.6. The second-order valence-electron chi connectivity index (χ2n) is 6.12. The predicted octanol–water partition coefficient (Wildman–Crippen LogP) is 2.49. The zero-order valence-corrected chi connectivity index (χ0v) is 15.1. The Hall–Kier alpha value is -2.80. The molecule has 1 amide bonds. The van der Waals surface area contributed by atoms with Crippen LogP contribution in [0.3, 0.4) is 0 Å². The van der Waals surface area contributed by atoms with Crippen molar-refractivity contribution >= 4 is 23.1 Å². The molecule has 26 heavy (non-hydrogen) atoms. The van der Waals surface area contributed by atoms with E-state index >= 15 is 0 Å². The van der Waals surface area contributed by atoms with Crippen LogP contribution in [0.15, 0.2) is 54.0 Å². The Morgan fingerprint density at radius 3 is 2.50 bits per heavy atom. The number of nitrogens with zero attached hydrogens (tertiary/aromatic N) is 5. The molecule has 7 heteroatoms. The molecule has 132 valence electrons. The Morgan fingerprint density at radius 2 is 1.85 bits per heavy atom. The van der Waals surface area contributed by atoms with Gasteiger partial charge >= 0.3 is 0 Å². The third-order valence-electron chi connectivity index (χ3n) is 4.44. The van der Waals surface area contributed by atoms with Crippen LogP contribution in [0.5, 0.6) is 0 Å². The van der Waals surface area contributed by atoms with Crippen molar-refractivity contribution in [2.75, 3.05) is 31.1 Å². The Labute approximate surface area is 156 Å². The molecule has 1 fully saturated rings. The third-order valence-corrected chi connectivity index (χ3v) is 5.32. The van der Waals surface area contributed by atoms with Crippen molar-refractivity contribution in [2.24, 2.45) is 0 Å². The highest BCUT2D eigenvalue weighted by Gasteiger charge is 2.22. The second kappa shape index (κ2) is 7.61. The molecule has 0 aromatic carbocycles. The molecule has 3 aromatic heterocycles. The lowest BCUT2D eigenvalue weighted by Gasteiger charge is -2.35. The average molecular weight is 365 g/mol. The van der Waals surface area contributed by atoms with Crippen LogP contribution in [0.25, 0.3) is 11.4 Å². The maximum absolute atomic E-state index is 12.4. The molecule has 0 N–H and O–H groups in total. The van der Waals surface area contributed by atoms with E-state index in [-0.39, 0.29) is 5.91 Å². The van der Waals surface area contributed by atoms with Crippen LogP contribution in [0.1, 0.15) is 4.88 Å². The van der Waals surface area contributed by atoms with Gasteiger partial charge in [0.25, 0.3) is 0 Å². The normalized spacial score (nSPS) is 14.5. The molecule has 4 rings (SSSR count). The van der Waals surface area contributed by atoms with Crippen LogP contribution >= 0.6 is 11.3 Å². The first-order valence-corrected chi connectivity index (χ1v) is 9.48. The number of hydrogen-bond acceptors (Lipinski definition) is 6. The summed E-state index contributed by atoms with van der Waals surface area (Å²) in [7, 11) is 0. The van der Waals surface area contributed by atoms with Crippen LogP contribution < -0.4 is 4.90 Å². The summed E-state index contributed by atoms with van der Waals surface area (Å²) >= 11 is 1.63. The van der Waals surface area contributed by atoms with Gasteiger partial charge in [0.1, 0.15) is 5.69 Å². The molecular weight excluding hydrogens is 346 g/mol. The fourth-order valence-corrected chi connectivity index (χ4v) is 3.70. The van der Waals surface area contributed by atoms with E-state index in [9.17, 15) is 4.79 Å². The SMILES string of the molecule is O=C(Cc1cccs1)N1CCN(c2ccc(-c3ccccn3)nn2)CC1. The molecule has 1 saturated heterocycles. The highest BCUT2D eigenvalue weighted by molar-refractivity contribution is 7.10. The summed E-state index contributed by atoms with van der Waals surface area (Å²) in [6.45, 7) is 2.98. The van der Waals surface area contributed by atoms with Gasteiger partial charge in [-0.1, -0.05) is 12.1 Å². The maximum Gasteiger partial charge on any atom is 0.227 e. The maximum atomic E-state index is 12.4. The fraction of sp³-hybridized carbons (Fsp3) is 0.263. The van der Waals surface area contributed by atoms with Crippen molar-refractivity contribution in [1.29, 1.82) is 0 Å². The number of carbonyl (C=O) groups is 1. The van der Waals surface area contributed by atoms with Gasteiger partial charge in [0.05, 0.1) is 12.1 Å². The first kappa shape index (κ1) is 16.7. The minimum atomic E-state index is 0.198. The van der Waals surface area contributed by atoms with Crippen molar-refractivity contribution in [3.8, 4) is 11.4 Å². The van der Waals surface area contributed by atoms with E-state index in [1.54, 1.807) is 17.5 Å². The summed E-state index contributed by atoms with van der Waals surface area (Å²) in [5.74, 6) is 1.04. The number of aromatic nitrogens is 3. The van der Waals surface area contributed by atoms with Gasteiger partial charge in [-0.25, -0.2) is 0 Å². The third kappa shape index (κ3) is 3.72. The van der Waals surface area contributed by atoms with Crippen LogP contribution in [-0.4, -0.2) is 52.2 Å². The second-order valence-corrected chi connectivity index (χ2v) is 7.15. The van der Waals surface area contributed by atoms with Gasteiger partial charge in [0.2, 0.25) is 5.91 Å². The van der Waals surface area contributed by atoms with E-state index in [4.69, 9.17) is 0 Å². The van der Waals surface area contributed by atoms with Crippen molar-refractivity contribution in [2.45, 2.75) is 6.42 Å². The molecule has 0 saturated carbocycles. The molecule has 0 bridgehead atoms. The van der Waals surface area contributed by atoms with E-state index in [0.717, 1.165) is 35.2 Å². The number of carbonyl (C=O) groups excluding carboxylic acids is 1. The van der Waals surface area contributed by atoms with Gasteiger partial charge in [-0.2, -0.15) is 0 Å². The molecule has 1 aliphatic heterocycles. The van der Waals surface area contributed by atoms with E-state index in [1.165, 1.54) is 0 Å². The molecule has 0 unspecified atom stereocenters. The van der Waals surface area contributed by atoms with Crippen molar-refractivity contribution < 1.29 is 4.79 Å². The molecule has 0 aliphatic carbocycles. The fourth-order valence-electron chi connectivity index (χ4n) is 3.00. The first-order chi connectivity index (χ1) is 12.8. The summed E-state index contributed by atoms with van der Waals surface area (Å²) < 4.78 is 0. The lowest BCUT2D eigenvalue weighted by atomic mass is 10.2. The predicted molar refractivity (Wildman–Crippen MR) is 102 cm³/mol. The van der Waals surface area contributed by atoms with Gasteiger partial charge in [0, 0.05) is 37.3 Å². The van der Waals surface area contributed by atoms with Crippen LogP contribution in [0.2, 0.25) is 0 Å². The highest BCUT2D eigenvalue weighted by atomic mass is 32.1. The quantitative estimate of drug-likeness (QED) is 0.711. The number of anilines is 1.